The van der Waals surface area contributed by atoms with Gasteiger partial charge < -0.3 is 9.47 Å². The summed E-state index contributed by atoms with van der Waals surface area (Å²) in [6, 6.07) is 9.04. The lowest BCUT2D eigenvalue weighted by Crippen LogP contribution is -1.95. The van der Waals surface area contributed by atoms with E-state index in [1.807, 2.05) is 18.2 Å². The molecule has 0 bridgehead atoms. The van der Waals surface area contributed by atoms with E-state index in [1.165, 1.54) is 6.08 Å². The Morgan fingerprint density at radius 3 is 2.29 bits per heavy atom. The second-order valence-electron chi connectivity index (χ2n) is 2.66. The molecule has 70 valence electrons. The second kappa shape index (κ2) is 3.33. The normalized spacial score (nSPS) is 18.1. The smallest absolute Gasteiger partial charge is 0.387 e. The number of hydrogen-bond donors (Lipinski definition) is 0. The van der Waals surface area contributed by atoms with Gasteiger partial charge in [-0.3, -0.25) is 0 Å². The summed E-state index contributed by atoms with van der Waals surface area (Å²) in [6.07, 6.45) is 0.477. The Labute approximate surface area is 79.7 Å². The molecule has 14 heavy (non-hydrogen) atoms. The van der Waals surface area contributed by atoms with Crippen LogP contribution in [0.15, 0.2) is 36.1 Å². The third kappa shape index (κ3) is 1.64. The third-order valence-electron chi connectivity index (χ3n) is 1.67. The van der Waals surface area contributed by atoms with Crippen LogP contribution in [-0.4, -0.2) is 12.1 Å². The first-order valence-corrected chi connectivity index (χ1v) is 3.96. The van der Waals surface area contributed by atoms with Gasteiger partial charge in [0.2, 0.25) is 5.76 Å². The maximum atomic E-state index is 11.0. The average molecular weight is 190 g/mol. The van der Waals surface area contributed by atoms with Crippen molar-refractivity contribution in [1.29, 1.82) is 0 Å². The van der Waals surface area contributed by atoms with Gasteiger partial charge in [0, 0.05) is 0 Å². The SMILES string of the molecule is O=C1OC(=O)C(=Cc2ccccc2)O1. The number of hydrogen-bond acceptors (Lipinski definition) is 4. The van der Waals surface area contributed by atoms with Gasteiger partial charge in [-0.15, -0.1) is 0 Å². The fraction of sp³-hybridized carbons (Fsp3) is 0. The lowest BCUT2D eigenvalue weighted by Gasteiger charge is -1.91. The van der Waals surface area contributed by atoms with Gasteiger partial charge in [-0.25, -0.2) is 9.59 Å². The molecule has 0 saturated carbocycles. The molecule has 0 radical (unpaired) electrons. The van der Waals surface area contributed by atoms with Crippen LogP contribution in [0.5, 0.6) is 0 Å². The highest BCUT2D eigenvalue weighted by Gasteiger charge is 2.29. The van der Waals surface area contributed by atoms with E-state index in [4.69, 9.17) is 0 Å². The summed E-state index contributed by atoms with van der Waals surface area (Å²) in [4.78, 5) is 21.5. The molecule has 1 aliphatic rings. The second-order valence-corrected chi connectivity index (χ2v) is 2.66. The molecule has 1 fully saturated rings. The monoisotopic (exact) mass is 190 g/mol. The molecule has 0 N–H and O–H groups in total. The van der Waals surface area contributed by atoms with Crippen molar-refractivity contribution < 1.29 is 19.1 Å². The van der Waals surface area contributed by atoms with E-state index in [2.05, 4.69) is 9.47 Å². The zero-order valence-electron chi connectivity index (χ0n) is 7.10. The van der Waals surface area contributed by atoms with E-state index in [0.29, 0.717) is 0 Å². The van der Waals surface area contributed by atoms with Crippen LogP contribution in [0.1, 0.15) is 5.56 Å². The van der Waals surface area contributed by atoms with E-state index in [0.717, 1.165) is 5.56 Å². The van der Waals surface area contributed by atoms with Crippen molar-refractivity contribution in [3.63, 3.8) is 0 Å². The minimum absolute atomic E-state index is 0.0822. The van der Waals surface area contributed by atoms with Crippen molar-refractivity contribution >= 4 is 18.2 Å². The molecule has 0 spiro atoms. The topological polar surface area (TPSA) is 52.6 Å². The quantitative estimate of drug-likeness (QED) is 0.384. The van der Waals surface area contributed by atoms with Gasteiger partial charge in [0.15, 0.2) is 0 Å². The molecule has 0 unspecified atom stereocenters. The van der Waals surface area contributed by atoms with Crippen LogP contribution in [0.4, 0.5) is 4.79 Å². The summed E-state index contributed by atoms with van der Waals surface area (Å²) in [5.41, 5.74) is 0.772. The predicted molar refractivity (Wildman–Crippen MR) is 47.0 cm³/mol. The maximum absolute atomic E-state index is 11.0. The first kappa shape index (κ1) is 8.50. The zero-order valence-corrected chi connectivity index (χ0v) is 7.10. The Kier molecular flexibility index (Phi) is 2.02. The molecule has 4 heteroatoms. The molecule has 2 rings (SSSR count). The Bertz CT molecular complexity index is 405. The van der Waals surface area contributed by atoms with E-state index in [9.17, 15) is 9.59 Å². The number of cyclic esters (lactones) is 3. The van der Waals surface area contributed by atoms with Crippen LogP contribution in [0, 0.1) is 0 Å². The van der Waals surface area contributed by atoms with E-state index in [1.54, 1.807) is 12.1 Å². The summed E-state index contributed by atoms with van der Waals surface area (Å²) in [5.74, 6) is -0.833. The number of rotatable bonds is 1. The Hall–Kier alpha value is -2.10. The summed E-state index contributed by atoms with van der Waals surface area (Å²) < 4.78 is 8.71. The highest BCUT2D eigenvalue weighted by atomic mass is 16.8. The molecule has 1 saturated heterocycles. The van der Waals surface area contributed by atoms with Crippen molar-refractivity contribution in [1.82, 2.24) is 0 Å². The van der Waals surface area contributed by atoms with Crippen LogP contribution in [0.2, 0.25) is 0 Å². The van der Waals surface area contributed by atoms with Gasteiger partial charge in [-0.05, 0) is 11.6 Å². The highest BCUT2D eigenvalue weighted by molar-refractivity contribution is 6.02. The van der Waals surface area contributed by atoms with E-state index >= 15 is 0 Å². The first-order chi connectivity index (χ1) is 6.75. The standard InChI is InChI=1S/C10H6O4/c11-9-8(13-10(12)14-9)6-7-4-2-1-3-5-7/h1-6H. The summed E-state index contributed by atoms with van der Waals surface area (Å²) in [6.45, 7) is 0. The molecular formula is C10H6O4. The van der Waals surface area contributed by atoms with E-state index in [-0.39, 0.29) is 5.76 Å². The van der Waals surface area contributed by atoms with Crippen molar-refractivity contribution in [2.24, 2.45) is 0 Å². The molecule has 1 aromatic rings. The van der Waals surface area contributed by atoms with Crippen LogP contribution in [0.3, 0.4) is 0 Å². The van der Waals surface area contributed by atoms with Gasteiger partial charge in [-0.2, -0.15) is 0 Å². The van der Waals surface area contributed by atoms with Crippen molar-refractivity contribution in [3.8, 4) is 0 Å². The summed E-state index contributed by atoms with van der Waals surface area (Å²) in [5, 5.41) is 0. The average Bonchev–Trinajstić information content (AvgIpc) is 2.47. The number of benzene rings is 1. The lowest BCUT2D eigenvalue weighted by molar-refractivity contribution is -0.130. The maximum Gasteiger partial charge on any atom is 0.522 e. The number of ether oxygens (including phenoxy) is 2. The molecule has 0 aliphatic carbocycles. The van der Waals surface area contributed by atoms with Gasteiger partial charge in [0.25, 0.3) is 0 Å². The molecule has 0 atom stereocenters. The Morgan fingerprint density at radius 1 is 1.00 bits per heavy atom. The zero-order chi connectivity index (χ0) is 9.97. The minimum atomic E-state index is -0.975. The van der Waals surface area contributed by atoms with Crippen LogP contribution >= 0.6 is 0 Å². The molecule has 1 heterocycles. The Balaban J connectivity index is 2.28. The third-order valence-corrected chi connectivity index (χ3v) is 1.67. The summed E-state index contributed by atoms with van der Waals surface area (Å²) >= 11 is 0. The number of carbonyl (C=O) groups is 2. The fourth-order valence-electron chi connectivity index (χ4n) is 1.07. The molecular weight excluding hydrogens is 184 g/mol. The van der Waals surface area contributed by atoms with Crippen LogP contribution in [0.25, 0.3) is 6.08 Å². The fourth-order valence-corrected chi connectivity index (χ4v) is 1.07. The van der Waals surface area contributed by atoms with Crippen molar-refractivity contribution in [3.05, 3.63) is 41.7 Å². The molecule has 1 aliphatic heterocycles. The van der Waals surface area contributed by atoms with Gasteiger partial charge in [0.05, 0.1) is 0 Å². The van der Waals surface area contributed by atoms with Crippen molar-refractivity contribution in [2.45, 2.75) is 0 Å². The largest absolute Gasteiger partial charge is 0.522 e. The highest BCUT2D eigenvalue weighted by Crippen LogP contribution is 2.15. The van der Waals surface area contributed by atoms with Crippen molar-refractivity contribution in [2.75, 3.05) is 0 Å². The Morgan fingerprint density at radius 2 is 1.71 bits per heavy atom. The van der Waals surface area contributed by atoms with Crippen LogP contribution < -0.4 is 0 Å². The molecule has 0 amide bonds. The molecule has 4 nitrogen and oxygen atoms in total. The minimum Gasteiger partial charge on any atom is -0.387 e. The number of carbonyl (C=O) groups excluding carboxylic acids is 2. The van der Waals surface area contributed by atoms with Gasteiger partial charge in [-0.1, -0.05) is 30.3 Å². The summed E-state index contributed by atoms with van der Waals surface area (Å²) in [7, 11) is 0. The van der Waals surface area contributed by atoms with Gasteiger partial charge in [0.1, 0.15) is 0 Å². The predicted octanol–water partition coefficient (Wildman–Crippen LogP) is 1.72. The molecule has 0 aromatic heterocycles. The van der Waals surface area contributed by atoms with Crippen LogP contribution in [-0.2, 0) is 14.3 Å². The molecule has 1 aromatic carbocycles. The van der Waals surface area contributed by atoms with E-state index < -0.39 is 12.1 Å². The first-order valence-electron chi connectivity index (χ1n) is 3.96. The number of esters is 1. The lowest BCUT2D eigenvalue weighted by atomic mass is 10.2. The van der Waals surface area contributed by atoms with Gasteiger partial charge >= 0.3 is 12.1 Å².